The lowest BCUT2D eigenvalue weighted by Gasteiger charge is -2.35. The third kappa shape index (κ3) is 9.14. The molecule has 0 spiro atoms. The zero-order valence-electron chi connectivity index (χ0n) is 12.8. The highest BCUT2D eigenvalue weighted by atomic mass is 35.5. The van der Waals surface area contributed by atoms with Crippen molar-refractivity contribution >= 4 is 36.6 Å². The van der Waals surface area contributed by atoms with Crippen molar-refractivity contribution in [2.75, 3.05) is 32.7 Å². The van der Waals surface area contributed by atoms with Gasteiger partial charge in [-0.3, -0.25) is 14.5 Å². The lowest BCUT2D eigenvalue weighted by molar-refractivity contribution is -0.125. The Labute approximate surface area is 139 Å². The number of halogens is 2. The van der Waals surface area contributed by atoms with Gasteiger partial charge < -0.3 is 16.4 Å². The normalized spacial score (nSPS) is 17.1. The topological polar surface area (TPSA) is 87.5 Å². The standard InChI is InChI=1S/C13H26N4O2.2ClH/c1-10-3-5-17(6-4-10)11(2)8-15-13(19)9-16-12(18)7-14;;/h10-11H,3-9,14H2,1-2H3,(H,15,19)(H,16,18);2*1H. The Morgan fingerprint density at radius 2 is 1.76 bits per heavy atom. The average molecular weight is 343 g/mol. The highest BCUT2D eigenvalue weighted by molar-refractivity contribution is 5.86. The summed E-state index contributed by atoms with van der Waals surface area (Å²) >= 11 is 0. The smallest absolute Gasteiger partial charge is 0.239 e. The van der Waals surface area contributed by atoms with Crippen LogP contribution in [-0.2, 0) is 9.59 Å². The molecule has 4 N–H and O–H groups in total. The molecule has 21 heavy (non-hydrogen) atoms. The number of nitrogens with two attached hydrogens (primary N) is 1. The van der Waals surface area contributed by atoms with Gasteiger partial charge in [-0.2, -0.15) is 0 Å². The first kappa shape index (κ1) is 22.7. The van der Waals surface area contributed by atoms with Gasteiger partial charge in [-0.1, -0.05) is 6.92 Å². The first-order chi connectivity index (χ1) is 9.02. The number of likely N-dealkylation sites (tertiary alicyclic amines) is 1. The van der Waals surface area contributed by atoms with Crippen molar-refractivity contribution in [2.24, 2.45) is 11.7 Å². The number of piperidine rings is 1. The van der Waals surface area contributed by atoms with Gasteiger partial charge >= 0.3 is 0 Å². The van der Waals surface area contributed by atoms with Gasteiger partial charge in [0.1, 0.15) is 0 Å². The molecule has 0 saturated carbocycles. The molecular formula is C13H28Cl2N4O2. The van der Waals surface area contributed by atoms with Gasteiger partial charge in [0.2, 0.25) is 11.8 Å². The molecule has 1 heterocycles. The second kappa shape index (κ2) is 12.0. The minimum atomic E-state index is -0.312. The second-order valence-electron chi connectivity index (χ2n) is 5.35. The monoisotopic (exact) mass is 342 g/mol. The van der Waals surface area contributed by atoms with E-state index in [0.29, 0.717) is 12.6 Å². The number of nitrogens with zero attached hydrogens (tertiary/aromatic N) is 1. The van der Waals surface area contributed by atoms with Crippen molar-refractivity contribution in [3.05, 3.63) is 0 Å². The average Bonchev–Trinajstić information content (AvgIpc) is 2.42. The van der Waals surface area contributed by atoms with Crippen LogP contribution in [0.25, 0.3) is 0 Å². The van der Waals surface area contributed by atoms with E-state index in [1.807, 2.05) is 0 Å². The number of amides is 2. The zero-order chi connectivity index (χ0) is 14.3. The van der Waals surface area contributed by atoms with Crippen LogP contribution in [0.3, 0.4) is 0 Å². The molecule has 6 nitrogen and oxygen atoms in total. The van der Waals surface area contributed by atoms with Gasteiger partial charge in [-0.25, -0.2) is 0 Å². The summed E-state index contributed by atoms with van der Waals surface area (Å²) < 4.78 is 0. The number of carbonyl (C=O) groups is 2. The van der Waals surface area contributed by atoms with E-state index in [-0.39, 0.29) is 49.7 Å². The summed E-state index contributed by atoms with van der Waals surface area (Å²) in [4.78, 5) is 24.8. The van der Waals surface area contributed by atoms with Crippen molar-refractivity contribution in [1.29, 1.82) is 0 Å². The van der Waals surface area contributed by atoms with Crippen molar-refractivity contribution < 1.29 is 9.59 Å². The Balaban J connectivity index is 0. The Bertz CT molecular complexity index is 311. The molecule has 0 radical (unpaired) electrons. The SMILES string of the molecule is CC1CCN(C(C)CNC(=O)CNC(=O)CN)CC1.Cl.Cl. The Kier molecular flexibility index (Phi) is 13.0. The Morgan fingerprint density at radius 1 is 1.19 bits per heavy atom. The molecule has 1 aliphatic heterocycles. The largest absolute Gasteiger partial charge is 0.353 e. The molecule has 126 valence electrons. The van der Waals surface area contributed by atoms with Gasteiger partial charge in [0.25, 0.3) is 0 Å². The highest BCUT2D eigenvalue weighted by Crippen LogP contribution is 2.17. The summed E-state index contributed by atoms with van der Waals surface area (Å²) in [6.45, 7) is 7.13. The van der Waals surface area contributed by atoms with Crippen LogP contribution in [-0.4, -0.2) is 55.5 Å². The first-order valence-corrected chi connectivity index (χ1v) is 7.00. The van der Waals surface area contributed by atoms with Crippen molar-refractivity contribution in [3.63, 3.8) is 0 Å². The number of hydrogen-bond donors (Lipinski definition) is 3. The van der Waals surface area contributed by atoms with E-state index in [2.05, 4.69) is 29.4 Å². The van der Waals surface area contributed by atoms with Gasteiger partial charge in [0.05, 0.1) is 13.1 Å². The molecule has 1 atom stereocenters. The number of nitrogens with one attached hydrogen (secondary N) is 2. The van der Waals surface area contributed by atoms with Gasteiger partial charge in [-0.05, 0) is 38.8 Å². The van der Waals surface area contributed by atoms with E-state index in [9.17, 15) is 9.59 Å². The lowest BCUT2D eigenvalue weighted by atomic mass is 9.98. The van der Waals surface area contributed by atoms with Crippen LogP contribution in [0, 0.1) is 5.92 Å². The fraction of sp³-hybridized carbons (Fsp3) is 0.846. The number of carbonyl (C=O) groups excluding carboxylic acids is 2. The quantitative estimate of drug-likeness (QED) is 0.640. The number of hydrogen-bond acceptors (Lipinski definition) is 4. The zero-order valence-corrected chi connectivity index (χ0v) is 14.4. The van der Waals surface area contributed by atoms with E-state index in [4.69, 9.17) is 5.73 Å². The van der Waals surface area contributed by atoms with Crippen molar-refractivity contribution in [3.8, 4) is 0 Å². The maximum atomic E-state index is 11.5. The van der Waals surface area contributed by atoms with Crippen molar-refractivity contribution in [1.82, 2.24) is 15.5 Å². The van der Waals surface area contributed by atoms with E-state index in [1.54, 1.807) is 0 Å². The van der Waals surface area contributed by atoms with Crippen LogP contribution in [0.2, 0.25) is 0 Å². The van der Waals surface area contributed by atoms with E-state index in [1.165, 1.54) is 12.8 Å². The molecule has 1 aliphatic rings. The molecule has 0 aromatic rings. The summed E-state index contributed by atoms with van der Waals surface area (Å²) in [6.07, 6.45) is 2.45. The number of rotatable bonds is 6. The van der Waals surface area contributed by atoms with Crippen molar-refractivity contribution in [2.45, 2.75) is 32.7 Å². The van der Waals surface area contributed by atoms with Crippen LogP contribution in [0.5, 0.6) is 0 Å². The van der Waals surface area contributed by atoms with E-state index < -0.39 is 0 Å². The molecule has 1 saturated heterocycles. The molecule has 0 aromatic heterocycles. The molecule has 0 aliphatic carbocycles. The molecule has 0 aromatic carbocycles. The van der Waals surface area contributed by atoms with Crippen LogP contribution in [0.4, 0.5) is 0 Å². The minimum absolute atomic E-state index is 0. The van der Waals surface area contributed by atoms with E-state index >= 15 is 0 Å². The maximum Gasteiger partial charge on any atom is 0.239 e. The fourth-order valence-corrected chi connectivity index (χ4v) is 2.17. The summed E-state index contributed by atoms with van der Waals surface area (Å²) in [5, 5.41) is 5.29. The van der Waals surface area contributed by atoms with Gasteiger partial charge in [0.15, 0.2) is 0 Å². The Morgan fingerprint density at radius 3 is 2.29 bits per heavy atom. The maximum absolute atomic E-state index is 11.5. The molecule has 0 bridgehead atoms. The predicted molar refractivity (Wildman–Crippen MR) is 89.0 cm³/mol. The summed E-state index contributed by atoms with van der Waals surface area (Å²) in [5.74, 6) is 0.330. The summed E-state index contributed by atoms with van der Waals surface area (Å²) in [6, 6.07) is 0.335. The fourth-order valence-electron chi connectivity index (χ4n) is 2.17. The lowest BCUT2D eigenvalue weighted by Crippen LogP contribution is -2.47. The summed E-state index contributed by atoms with van der Waals surface area (Å²) in [7, 11) is 0. The third-order valence-electron chi connectivity index (χ3n) is 3.67. The first-order valence-electron chi connectivity index (χ1n) is 7.00. The van der Waals surface area contributed by atoms with Crippen LogP contribution in [0.1, 0.15) is 26.7 Å². The molecular weight excluding hydrogens is 315 g/mol. The second-order valence-corrected chi connectivity index (χ2v) is 5.35. The highest BCUT2D eigenvalue weighted by Gasteiger charge is 2.20. The van der Waals surface area contributed by atoms with Crippen LogP contribution >= 0.6 is 24.8 Å². The molecule has 1 fully saturated rings. The predicted octanol–water partition coefficient (Wildman–Crippen LogP) is 0.142. The molecule has 2 amide bonds. The third-order valence-corrected chi connectivity index (χ3v) is 3.67. The van der Waals surface area contributed by atoms with Gasteiger partial charge in [0, 0.05) is 12.6 Å². The molecule has 1 rings (SSSR count). The summed E-state index contributed by atoms with van der Waals surface area (Å²) in [5.41, 5.74) is 5.14. The molecule has 1 unspecified atom stereocenters. The Hall–Kier alpha value is -0.560. The van der Waals surface area contributed by atoms with Gasteiger partial charge in [-0.15, -0.1) is 24.8 Å². The van der Waals surface area contributed by atoms with Crippen LogP contribution < -0.4 is 16.4 Å². The minimum Gasteiger partial charge on any atom is -0.353 e. The molecule has 8 heteroatoms. The van der Waals surface area contributed by atoms with Crippen LogP contribution in [0.15, 0.2) is 0 Å². The van der Waals surface area contributed by atoms with E-state index in [0.717, 1.165) is 19.0 Å².